The van der Waals surface area contributed by atoms with Crippen LogP contribution in [0.2, 0.25) is 10.0 Å². The van der Waals surface area contributed by atoms with Crippen LogP contribution in [0.1, 0.15) is 0 Å². The molecule has 2 aromatic rings. The summed E-state index contributed by atoms with van der Waals surface area (Å²) in [6, 6.07) is 8.43. The summed E-state index contributed by atoms with van der Waals surface area (Å²) in [5.74, 6) is -0.353. The number of phenols is 1. The van der Waals surface area contributed by atoms with Crippen LogP contribution in [0.4, 0.5) is 5.69 Å². The zero-order valence-electron chi connectivity index (χ0n) is 9.77. The van der Waals surface area contributed by atoms with Crippen LogP contribution >= 0.6 is 39.1 Å². The zero-order chi connectivity index (χ0) is 14.9. The number of rotatable bonds is 3. The molecule has 0 unspecified atom stereocenters. The summed E-state index contributed by atoms with van der Waals surface area (Å²) in [6.07, 6.45) is 0. The number of phenolic OH excluding ortho intramolecular Hbond substituents is 1. The second-order valence-corrected chi connectivity index (χ2v) is 7.32. The van der Waals surface area contributed by atoms with Crippen molar-refractivity contribution in [2.45, 2.75) is 4.90 Å². The molecule has 0 heterocycles. The van der Waals surface area contributed by atoms with Gasteiger partial charge < -0.3 is 5.11 Å². The highest BCUT2D eigenvalue weighted by molar-refractivity contribution is 9.10. The van der Waals surface area contributed by atoms with Crippen molar-refractivity contribution in [3.63, 3.8) is 0 Å². The molecule has 0 aliphatic carbocycles. The fraction of sp³-hybridized carbons (Fsp3) is 0. The Balaban J connectivity index is 2.43. The van der Waals surface area contributed by atoms with E-state index in [-0.39, 0.29) is 16.3 Å². The minimum atomic E-state index is -3.95. The van der Waals surface area contributed by atoms with Gasteiger partial charge in [-0.1, -0.05) is 39.1 Å². The largest absolute Gasteiger partial charge is 0.507 e. The zero-order valence-corrected chi connectivity index (χ0v) is 13.7. The summed E-state index contributed by atoms with van der Waals surface area (Å²) >= 11 is 14.8. The first-order valence-electron chi connectivity index (χ1n) is 5.25. The molecule has 0 atom stereocenters. The number of nitrogens with one attached hydrogen (secondary N) is 1. The molecule has 0 aromatic heterocycles. The predicted octanol–water partition coefficient (Wildman–Crippen LogP) is 4.26. The standard InChI is InChI=1S/C12H8BrCl2NO3S/c13-7-1-2-11(17)12(3-7)20(18,19)16-10-5-8(14)4-9(15)6-10/h1-6,16-17H. The topological polar surface area (TPSA) is 66.4 Å². The third-order valence-corrected chi connectivity index (χ3v) is 4.67. The van der Waals surface area contributed by atoms with Gasteiger partial charge >= 0.3 is 0 Å². The van der Waals surface area contributed by atoms with E-state index in [9.17, 15) is 13.5 Å². The maximum absolute atomic E-state index is 12.2. The number of halogens is 3. The lowest BCUT2D eigenvalue weighted by molar-refractivity contribution is 0.459. The van der Waals surface area contributed by atoms with Gasteiger partial charge in [0.05, 0.1) is 5.69 Å². The van der Waals surface area contributed by atoms with E-state index in [1.54, 1.807) is 0 Å². The number of hydrogen-bond acceptors (Lipinski definition) is 3. The first-order chi connectivity index (χ1) is 9.28. The quantitative estimate of drug-likeness (QED) is 0.814. The minimum absolute atomic E-state index is 0.210. The van der Waals surface area contributed by atoms with Gasteiger partial charge in [-0.25, -0.2) is 8.42 Å². The van der Waals surface area contributed by atoms with Crippen LogP contribution in [0.5, 0.6) is 5.75 Å². The van der Waals surface area contributed by atoms with Gasteiger partial charge in [-0.15, -0.1) is 0 Å². The number of sulfonamides is 1. The van der Waals surface area contributed by atoms with Crippen LogP contribution in [-0.2, 0) is 10.0 Å². The van der Waals surface area contributed by atoms with E-state index in [2.05, 4.69) is 20.7 Å². The molecule has 20 heavy (non-hydrogen) atoms. The lowest BCUT2D eigenvalue weighted by Gasteiger charge is -2.10. The fourth-order valence-electron chi connectivity index (χ4n) is 1.53. The molecule has 0 saturated carbocycles. The van der Waals surface area contributed by atoms with Gasteiger partial charge in [0.15, 0.2) is 0 Å². The molecule has 0 amide bonds. The van der Waals surface area contributed by atoms with Gasteiger partial charge in [0.2, 0.25) is 0 Å². The first-order valence-corrected chi connectivity index (χ1v) is 8.28. The summed E-state index contributed by atoms with van der Waals surface area (Å²) in [5.41, 5.74) is 0.210. The number of anilines is 1. The molecule has 0 bridgehead atoms. The Morgan fingerprint density at radius 3 is 2.25 bits per heavy atom. The van der Waals surface area contributed by atoms with Gasteiger partial charge in [-0.05, 0) is 36.4 Å². The molecule has 2 aromatic carbocycles. The van der Waals surface area contributed by atoms with E-state index in [1.807, 2.05) is 0 Å². The third kappa shape index (κ3) is 3.58. The van der Waals surface area contributed by atoms with Crippen molar-refractivity contribution in [2.75, 3.05) is 4.72 Å². The molecule has 4 nitrogen and oxygen atoms in total. The Labute approximate surface area is 134 Å². The maximum Gasteiger partial charge on any atom is 0.265 e. The molecule has 8 heteroatoms. The molecular weight excluding hydrogens is 389 g/mol. The lowest BCUT2D eigenvalue weighted by atomic mass is 10.3. The van der Waals surface area contributed by atoms with Crippen molar-refractivity contribution in [1.29, 1.82) is 0 Å². The van der Waals surface area contributed by atoms with E-state index in [1.165, 1.54) is 36.4 Å². The van der Waals surface area contributed by atoms with Crippen LogP contribution < -0.4 is 4.72 Å². The average molecular weight is 397 g/mol. The van der Waals surface area contributed by atoms with E-state index in [4.69, 9.17) is 23.2 Å². The van der Waals surface area contributed by atoms with Gasteiger partial charge in [-0.3, -0.25) is 4.72 Å². The summed E-state index contributed by atoms with van der Waals surface area (Å²) in [4.78, 5) is -0.247. The highest BCUT2D eigenvalue weighted by Crippen LogP contribution is 2.29. The summed E-state index contributed by atoms with van der Waals surface area (Å²) in [6.45, 7) is 0. The SMILES string of the molecule is O=S(=O)(Nc1cc(Cl)cc(Cl)c1)c1cc(Br)ccc1O. The molecule has 0 aliphatic heterocycles. The van der Waals surface area contributed by atoms with E-state index in [0.29, 0.717) is 14.5 Å². The summed E-state index contributed by atoms with van der Waals surface area (Å²) in [7, 11) is -3.95. The van der Waals surface area contributed by atoms with Gasteiger partial charge in [0, 0.05) is 14.5 Å². The molecule has 2 N–H and O–H groups in total. The van der Waals surface area contributed by atoms with Crippen LogP contribution in [0, 0.1) is 0 Å². The monoisotopic (exact) mass is 395 g/mol. The normalized spacial score (nSPS) is 11.3. The molecule has 0 radical (unpaired) electrons. The fourth-order valence-corrected chi connectivity index (χ4v) is 3.73. The third-order valence-electron chi connectivity index (χ3n) is 2.33. The molecule has 2 rings (SSSR count). The predicted molar refractivity (Wildman–Crippen MR) is 83.1 cm³/mol. The van der Waals surface area contributed by atoms with Crippen LogP contribution in [0.3, 0.4) is 0 Å². The van der Waals surface area contributed by atoms with Crippen molar-refractivity contribution in [3.8, 4) is 5.75 Å². The second kappa shape index (κ2) is 5.81. The summed E-state index contributed by atoms with van der Waals surface area (Å²) < 4.78 is 27.3. The van der Waals surface area contributed by atoms with Gasteiger partial charge in [0.25, 0.3) is 10.0 Å². The lowest BCUT2D eigenvalue weighted by Crippen LogP contribution is -2.13. The van der Waals surface area contributed by atoms with Crippen molar-refractivity contribution in [3.05, 3.63) is 50.9 Å². The average Bonchev–Trinajstić information content (AvgIpc) is 2.30. The molecule has 0 saturated heterocycles. The van der Waals surface area contributed by atoms with Crippen LogP contribution in [-0.4, -0.2) is 13.5 Å². The van der Waals surface area contributed by atoms with Crippen molar-refractivity contribution >= 4 is 54.8 Å². The van der Waals surface area contributed by atoms with Crippen LogP contribution in [0.25, 0.3) is 0 Å². The van der Waals surface area contributed by atoms with Crippen molar-refractivity contribution in [2.24, 2.45) is 0 Å². The van der Waals surface area contributed by atoms with E-state index >= 15 is 0 Å². The minimum Gasteiger partial charge on any atom is -0.507 e. The molecule has 106 valence electrons. The molecule has 0 fully saturated rings. The molecule has 0 spiro atoms. The van der Waals surface area contributed by atoms with Crippen molar-refractivity contribution in [1.82, 2.24) is 0 Å². The van der Waals surface area contributed by atoms with Crippen molar-refractivity contribution < 1.29 is 13.5 Å². The maximum atomic E-state index is 12.2. The highest BCUT2D eigenvalue weighted by atomic mass is 79.9. The Hall–Kier alpha value is -0.950. The van der Waals surface area contributed by atoms with Gasteiger partial charge in [0.1, 0.15) is 10.6 Å². The second-order valence-electron chi connectivity index (χ2n) is 3.88. The Bertz CT molecular complexity index is 745. The first kappa shape index (κ1) is 15.4. The van der Waals surface area contributed by atoms with E-state index < -0.39 is 10.0 Å². The summed E-state index contributed by atoms with van der Waals surface area (Å²) in [5, 5.41) is 10.3. The number of hydrogen-bond donors (Lipinski definition) is 2. The number of benzene rings is 2. The van der Waals surface area contributed by atoms with Crippen LogP contribution in [0.15, 0.2) is 45.8 Å². The van der Waals surface area contributed by atoms with Gasteiger partial charge in [-0.2, -0.15) is 0 Å². The highest BCUT2D eigenvalue weighted by Gasteiger charge is 2.19. The molecular formula is C12H8BrCl2NO3S. The number of aromatic hydroxyl groups is 1. The smallest absolute Gasteiger partial charge is 0.265 e. The Kier molecular flexibility index (Phi) is 4.49. The Morgan fingerprint density at radius 2 is 1.65 bits per heavy atom. The Morgan fingerprint density at radius 1 is 1.05 bits per heavy atom. The van der Waals surface area contributed by atoms with E-state index in [0.717, 1.165) is 0 Å². The molecule has 0 aliphatic rings.